The summed E-state index contributed by atoms with van der Waals surface area (Å²) in [5.41, 5.74) is 0.0793. The molecule has 8 heteroatoms. The van der Waals surface area contributed by atoms with Crippen LogP contribution in [0.1, 0.15) is 19.3 Å². The Morgan fingerprint density at radius 3 is 2.59 bits per heavy atom. The first kappa shape index (κ1) is 16.9. The third kappa shape index (κ3) is 4.54. The average molecular weight is 326 g/mol. The van der Waals surface area contributed by atoms with Crippen LogP contribution in [-0.2, 0) is 11.5 Å². The van der Waals surface area contributed by atoms with Gasteiger partial charge in [0.1, 0.15) is 12.9 Å². The predicted molar refractivity (Wildman–Crippen MR) is 89.1 cm³/mol. The average Bonchev–Trinajstić information content (AvgIpc) is 2.87. The van der Waals surface area contributed by atoms with Crippen LogP contribution in [0.4, 0.5) is 11.5 Å². The number of anilines is 1. The summed E-state index contributed by atoms with van der Waals surface area (Å²) in [7, 11) is -1.13. The standard InChI is InChI=1S/C14H26N4O3Si/c1-22(2,3)10-9-21-12-17-14(13(11-15-17)18(19)20)16-7-5-4-6-8-16/h11H,4-10,12H2,1-3H3. The SMILES string of the molecule is C[Si](C)(C)CCOCn1ncc([N+](=O)[O-])c1N1CCCCC1. The Balaban J connectivity index is 2.05. The second-order valence-corrected chi connectivity index (χ2v) is 12.6. The monoisotopic (exact) mass is 326 g/mol. The molecule has 0 bridgehead atoms. The van der Waals surface area contributed by atoms with Gasteiger partial charge >= 0.3 is 5.69 Å². The van der Waals surface area contributed by atoms with Crippen LogP contribution in [0, 0.1) is 10.1 Å². The first-order valence-electron chi connectivity index (χ1n) is 7.91. The molecule has 0 atom stereocenters. The van der Waals surface area contributed by atoms with Crippen LogP contribution in [0.5, 0.6) is 0 Å². The van der Waals surface area contributed by atoms with E-state index in [-0.39, 0.29) is 17.3 Å². The third-order valence-electron chi connectivity index (χ3n) is 3.86. The molecular weight excluding hydrogens is 300 g/mol. The second kappa shape index (κ2) is 7.23. The summed E-state index contributed by atoms with van der Waals surface area (Å²) in [5, 5.41) is 15.4. The van der Waals surface area contributed by atoms with E-state index in [9.17, 15) is 10.1 Å². The smallest absolute Gasteiger partial charge is 0.331 e. The van der Waals surface area contributed by atoms with Gasteiger partial charge in [0.25, 0.3) is 0 Å². The Hall–Kier alpha value is -1.41. The molecule has 22 heavy (non-hydrogen) atoms. The van der Waals surface area contributed by atoms with E-state index in [2.05, 4.69) is 29.6 Å². The van der Waals surface area contributed by atoms with E-state index < -0.39 is 8.07 Å². The Morgan fingerprint density at radius 1 is 1.32 bits per heavy atom. The molecule has 2 rings (SSSR count). The van der Waals surface area contributed by atoms with Crippen molar-refractivity contribution in [3.63, 3.8) is 0 Å². The fraction of sp³-hybridized carbons (Fsp3) is 0.786. The van der Waals surface area contributed by atoms with E-state index in [0.29, 0.717) is 12.4 Å². The zero-order valence-corrected chi connectivity index (χ0v) is 14.7. The van der Waals surface area contributed by atoms with Crippen molar-refractivity contribution in [3.05, 3.63) is 16.3 Å². The zero-order chi connectivity index (χ0) is 16.2. The number of hydrogen-bond acceptors (Lipinski definition) is 5. The molecule has 7 nitrogen and oxygen atoms in total. The van der Waals surface area contributed by atoms with Crippen molar-refractivity contribution in [2.24, 2.45) is 0 Å². The van der Waals surface area contributed by atoms with Gasteiger partial charge < -0.3 is 9.64 Å². The summed E-state index contributed by atoms with van der Waals surface area (Å²) in [6, 6.07) is 1.08. The van der Waals surface area contributed by atoms with Crippen LogP contribution in [0.3, 0.4) is 0 Å². The van der Waals surface area contributed by atoms with Crippen molar-refractivity contribution in [2.75, 3.05) is 24.6 Å². The normalized spacial score (nSPS) is 16.0. The predicted octanol–water partition coefficient (Wildman–Crippen LogP) is 3.09. The minimum atomic E-state index is -1.13. The maximum Gasteiger partial charge on any atom is 0.331 e. The van der Waals surface area contributed by atoms with Gasteiger partial charge in [-0.3, -0.25) is 10.1 Å². The van der Waals surface area contributed by atoms with Gasteiger partial charge in [0, 0.05) is 27.8 Å². The largest absolute Gasteiger partial charge is 0.359 e. The van der Waals surface area contributed by atoms with E-state index in [1.54, 1.807) is 4.68 Å². The van der Waals surface area contributed by atoms with Gasteiger partial charge in [-0.15, -0.1) is 0 Å². The van der Waals surface area contributed by atoms with Gasteiger partial charge in [0.2, 0.25) is 5.82 Å². The lowest BCUT2D eigenvalue weighted by atomic mass is 10.1. The number of piperidine rings is 1. The van der Waals surface area contributed by atoms with Gasteiger partial charge in [-0.2, -0.15) is 5.10 Å². The molecule has 0 radical (unpaired) electrons. The molecular formula is C14H26N4O3Si. The molecule has 2 heterocycles. The van der Waals surface area contributed by atoms with E-state index in [0.717, 1.165) is 32.0 Å². The number of rotatable bonds is 7. The van der Waals surface area contributed by atoms with Crippen molar-refractivity contribution < 1.29 is 9.66 Å². The van der Waals surface area contributed by atoms with Crippen LogP contribution in [0.2, 0.25) is 25.7 Å². The first-order valence-corrected chi connectivity index (χ1v) is 11.6. The van der Waals surface area contributed by atoms with Crippen LogP contribution in [0.15, 0.2) is 6.20 Å². The van der Waals surface area contributed by atoms with Gasteiger partial charge in [-0.05, 0) is 25.3 Å². The van der Waals surface area contributed by atoms with Crippen LogP contribution < -0.4 is 4.90 Å². The van der Waals surface area contributed by atoms with Gasteiger partial charge in [-0.1, -0.05) is 19.6 Å². The Kier molecular flexibility index (Phi) is 5.57. The number of hydrogen-bond donors (Lipinski definition) is 0. The Labute approximate surface area is 132 Å². The summed E-state index contributed by atoms with van der Waals surface area (Å²) in [6.07, 6.45) is 4.66. The maximum absolute atomic E-state index is 11.2. The number of nitrogens with zero attached hydrogens (tertiary/aromatic N) is 4. The number of ether oxygens (including phenoxy) is 1. The number of aromatic nitrogens is 2. The molecule has 124 valence electrons. The summed E-state index contributed by atoms with van der Waals surface area (Å²) in [4.78, 5) is 12.9. The van der Waals surface area contributed by atoms with Crippen LogP contribution in [0.25, 0.3) is 0 Å². The van der Waals surface area contributed by atoms with Crippen molar-refractivity contribution in [1.82, 2.24) is 9.78 Å². The highest BCUT2D eigenvalue weighted by atomic mass is 28.3. The molecule has 1 aliphatic rings. The molecule has 0 N–H and O–H groups in total. The molecule has 1 aliphatic heterocycles. The van der Waals surface area contributed by atoms with Gasteiger partial charge in [0.05, 0.1) is 4.92 Å². The molecule has 0 aromatic carbocycles. The van der Waals surface area contributed by atoms with Crippen molar-refractivity contribution in [1.29, 1.82) is 0 Å². The van der Waals surface area contributed by atoms with Crippen molar-refractivity contribution in [3.8, 4) is 0 Å². The topological polar surface area (TPSA) is 73.4 Å². The fourth-order valence-corrected chi connectivity index (χ4v) is 3.31. The van der Waals surface area contributed by atoms with Crippen LogP contribution >= 0.6 is 0 Å². The van der Waals surface area contributed by atoms with E-state index in [1.807, 2.05) is 0 Å². The summed E-state index contributed by atoms with van der Waals surface area (Å²) in [5.74, 6) is 0.595. The van der Waals surface area contributed by atoms with Crippen molar-refractivity contribution >= 4 is 19.6 Å². The molecule has 0 aliphatic carbocycles. The molecule has 0 amide bonds. The fourth-order valence-electron chi connectivity index (χ4n) is 2.55. The molecule has 0 saturated carbocycles. The Bertz CT molecular complexity index is 507. The maximum atomic E-state index is 11.2. The molecule has 1 saturated heterocycles. The molecule has 0 spiro atoms. The minimum absolute atomic E-state index is 0.0793. The van der Waals surface area contributed by atoms with E-state index in [4.69, 9.17) is 4.74 Å². The number of nitro groups is 1. The van der Waals surface area contributed by atoms with Gasteiger partial charge in [0.15, 0.2) is 0 Å². The summed E-state index contributed by atoms with van der Waals surface area (Å²) < 4.78 is 7.34. The lowest BCUT2D eigenvalue weighted by Gasteiger charge is -2.28. The highest BCUT2D eigenvalue weighted by Gasteiger charge is 2.27. The third-order valence-corrected chi connectivity index (χ3v) is 5.56. The highest BCUT2D eigenvalue weighted by molar-refractivity contribution is 6.76. The lowest BCUT2D eigenvalue weighted by molar-refractivity contribution is -0.384. The second-order valence-electron chi connectivity index (χ2n) is 7.01. The van der Waals surface area contributed by atoms with Crippen molar-refractivity contribution in [2.45, 2.75) is 51.7 Å². The van der Waals surface area contributed by atoms with E-state index >= 15 is 0 Å². The molecule has 0 unspecified atom stereocenters. The molecule has 1 fully saturated rings. The van der Waals surface area contributed by atoms with E-state index in [1.165, 1.54) is 12.6 Å². The summed E-state index contributed by atoms with van der Waals surface area (Å²) >= 11 is 0. The Morgan fingerprint density at radius 2 is 2.00 bits per heavy atom. The lowest BCUT2D eigenvalue weighted by Crippen LogP contribution is -2.32. The zero-order valence-electron chi connectivity index (χ0n) is 13.7. The minimum Gasteiger partial charge on any atom is -0.359 e. The van der Waals surface area contributed by atoms with Crippen LogP contribution in [-0.4, -0.2) is 42.5 Å². The van der Waals surface area contributed by atoms with Gasteiger partial charge in [-0.25, -0.2) is 4.68 Å². The molecule has 1 aromatic heterocycles. The molecule has 1 aromatic rings. The summed E-state index contributed by atoms with van der Waals surface area (Å²) in [6.45, 7) is 9.56. The first-order chi connectivity index (χ1) is 10.4. The quantitative estimate of drug-likeness (QED) is 0.333. The highest BCUT2D eigenvalue weighted by Crippen LogP contribution is 2.30.